The molecule has 0 unspecified atom stereocenters. The van der Waals surface area contributed by atoms with Gasteiger partial charge in [0, 0.05) is 11.9 Å². The van der Waals surface area contributed by atoms with Crippen molar-refractivity contribution in [2.24, 2.45) is 0 Å². The Kier molecular flexibility index (Phi) is 5.42. The monoisotopic (exact) mass is 390 g/mol. The zero-order chi connectivity index (χ0) is 20.2. The molecule has 2 aromatic heterocycles. The second kappa shape index (κ2) is 8.31. The normalized spacial score (nSPS) is 14.2. The molecule has 6 heteroatoms. The van der Waals surface area contributed by atoms with Gasteiger partial charge in [-0.05, 0) is 54.7 Å². The third-order valence-corrected chi connectivity index (χ3v) is 4.91. The van der Waals surface area contributed by atoms with E-state index in [-0.39, 0.29) is 12.5 Å². The van der Waals surface area contributed by atoms with Gasteiger partial charge in [0.05, 0.1) is 23.0 Å². The van der Waals surface area contributed by atoms with Crippen LogP contribution in [0.2, 0.25) is 0 Å². The van der Waals surface area contributed by atoms with E-state index in [1.54, 1.807) is 6.26 Å². The summed E-state index contributed by atoms with van der Waals surface area (Å²) in [6.07, 6.45) is 5.86. The minimum Gasteiger partial charge on any atom is -0.465 e. The highest BCUT2D eigenvalue weighted by atomic mass is 16.5. The number of carbonyl (C=O) groups is 2. The molecule has 1 N–H and O–H groups in total. The van der Waals surface area contributed by atoms with Crippen LogP contribution < -0.4 is 5.32 Å². The molecule has 0 saturated carbocycles. The van der Waals surface area contributed by atoms with Crippen molar-refractivity contribution in [3.63, 3.8) is 0 Å². The summed E-state index contributed by atoms with van der Waals surface area (Å²) in [6, 6.07) is 11.2. The second-order valence-electron chi connectivity index (χ2n) is 6.94. The Morgan fingerprint density at radius 1 is 1.21 bits per heavy atom. The molecule has 3 aromatic rings. The van der Waals surface area contributed by atoms with Gasteiger partial charge in [-0.25, -0.2) is 9.78 Å². The number of hydrogen-bond donors (Lipinski definition) is 1. The Balaban J connectivity index is 1.70. The lowest BCUT2D eigenvalue weighted by molar-refractivity contribution is -0.124. The van der Waals surface area contributed by atoms with E-state index in [0.29, 0.717) is 18.5 Å². The summed E-state index contributed by atoms with van der Waals surface area (Å²) in [5.74, 6) is -0.0427. The number of amides is 1. The number of nitrogens with one attached hydrogen (secondary N) is 1. The first-order chi connectivity index (χ1) is 14.2. The zero-order valence-corrected chi connectivity index (χ0v) is 16.2. The van der Waals surface area contributed by atoms with Crippen LogP contribution >= 0.6 is 0 Å². The van der Waals surface area contributed by atoms with Crippen molar-refractivity contribution in [1.29, 1.82) is 0 Å². The Labute approximate surface area is 168 Å². The number of nitrogens with zero attached hydrogens (tertiary/aromatic N) is 1. The summed E-state index contributed by atoms with van der Waals surface area (Å²) in [5, 5.41) is 3.45. The van der Waals surface area contributed by atoms with Crippen molar-refractivity contribution in [3.8, 4) is 0 Å². The predicted molar refractivity (Wildman–Crippen MR) is 110 cm³/mol. The van der Waals surface area contributed by atoms with E-state index in [9.17, 15) is 9.59 Å². The maximum atomic E-state index is 13.0. The van der Waals surface area contributed by atoms with Crippen LogP contribution in [0, 0.1) is 0 Å². The Hall–Kier alpha value is -3.41. The number of ether oxygens (including phenoxy) is 1. The van der Waals surface area contributed by atoms with Crippen LogP contribution in [0.15, 0.2) is 47.1 Å². The van der Waals surface area contributed by atoms with E-state index in [1.165, 1.54) is 0 Å². The SMILES string of the molecule is CCCNC(=O)COC(=O)c1c2c(nc3ccccc13)/C(=C/c1ccco1)CC2. The number of furan rings is 1. The highest BCUT2D eigenvalue weighted by molar-refractivity contribution is 6.07. The maximum absolute atomic E-state index is 13.0. The van der Waals surface area contributed by atoms with E-state index >= 15 is 0 Å². The van der Waals surface area contributed by atoms with Gasteiger partial charge in [0.25, 0.3) is 5.91 Å². The largest absolute Gasteiger partial charge is 0.465 e. The van der Waals surface area contributed by atoms with Crippen molar-refractivity contribution in [3.05, 3.63) is 65.2 Å². The first-order valence-electron chi connectivity index (χ1n) is 9.77. The minimum absolute atomic E-state index is 0.292. The number of hydrogen-bond acceptors (Lipinski definition) is 5. The molecule has 0 atom stereocenters. The molecule has 2 heterocycles. The van der Waals surface area contributed by atoms with Crippen molar-refractivity contribution in [2.75, 3.05) is 13.2 Å². The molecule has 1 aromatic carbocycles. The van der Waals surface area contributed by atoms with Crippen LogP contribution in [0.3, 0.4) is 0 Å². The highest BCUT2D eigenvalue weighted by Crippen LogP contribution is 2.37. The molecule has 29 heavy (non-hydrogen) atoms. The molecular weight excluding hydrogens is 368 g/mol. The van der Waals surface area contributed by atoms with Crippen LogP contribution in [0.1, 0.15) is 47.1 Å². The fourth-order valence-corrected chi connectivity index (χ4v) is 3.58. The van der Waals surface area contributed by atoms with Crippen molar-refractivity contribution in [1.82, 2.24) is 10.3 Å². The number of fused-ring (bicyclic) bond motifs is 2. The number of carbonyl (C=O) groups excluding carboxylic acids is 2. The van der Waals surface area contributed by atoms with Crippen molar-refractivity contribution < 1.29 is 18.7 Å². The van der Waals surface area contributed by atoms with E-state index in [2.05, 4.69) is 5.32 Å². The van der Waals surface area contributed by atoms with E-state index in [1.807, 2.05) is 49.4 Å². The molecule has 1 aliphatic rings. The number of aromatic nitrogens is 1. The number of para-hydroxylation sites is 1. The molecule has 6 nitrogen and oxygen atoms in total. The number of benzene rings is 1. The Morgan fingerprint density at radius 3 is 2.86 bits per heavy atom. The van der Waals surface area contributed by atoms with Gasteiger partial charge in [0.15, 0.2) is 6.61 Å². The Bertz CT molecular complexity index is 1080. The molecule has 4 rings (SSSR count). The van der Waals surface area contributed by atoms with E-state index in [0.717, 1.165) is 46.3 Å². The van der Waals surface area contributed by atoms with Crippen LogP contribution in [0.25, 0.3) is 22.6 Å². The molecule has 1 aliphatic carbocycles. The highest BCUT2D eigenvalue weighted by Gasteiger charge is 2.28. The lowest BCUT2D eigenvalue weighted by Crippen LogP contribution is -2.29. The summed E-state index contributed by atoms with van der Waals surface area (Å²) in [7, 11) is 0. The molecule has 0 aliphatic heterocycles. The maximum Gasteiger partial charge on any atom is 0.339 e. The number of pyridine rings is 1. The fraction of sp³-hybridized carbons (Fsp3) is 0.261. The minimum atomic E-state index is -0.495. The van der Waals surface area contributed by atoms with E-state index < -0.39 is 5.97 Å². The van der Waals surface area contributed by atoms with Crippen molar-refractivity contribution in [2.45, 2.75) is 26.2 Å². The third-order valence-electron chi connectivity index (χ3n) is 4.91. The van der Waals surface area contributed by atoms with Gasteiger partial charge in [-0.1, -0.05) is 25.1 Å². The summed E-state index contributed by atoms with van der Waals surface area (Å²) in [5.41, 5.74) is 3.90. The molecule has 0 saturated heterocycles. The van der Waals surface area contributed by atoms with Gasteiger partial charge in [-0.15, -0.1) is 0 Å². The van der Waals surface area contributed by atoms with Gasteiger partial charge in [-0.3, -0.25) is 4.79 Å². The van der Waals surface area contributed by atoms with Gasteiger partial charge in [-0.2, -0.15) is 0 Å². The zero-order valence-electron chi connectivity index (χ0n) is 16.2. The summed E-state index contributed by atoms with van der Waals surface area (Å²) < 4.78 is 10.8. The van der Waals surface area contributed by atoms with Gasteiger partial charge in [0.2, 0.25) is 0 Å². The lowest BCUT2D eigenvalue weighted by atomic mass is 10.0. The van der Waals surface area contributed by atoms with Crippen molar-refractivity contribution >= 4 is 34.4 Å². The third kappa shape index (κ3) is 3.92. The van der Waals surface area contributed by atoms with E-state index in [4.69, 9.17) is 14.1 Å². The standard InChI is InChI=1S/C23H22N2O4/c1-2-11-24-20(26)14-29-23(27)21-17-7-3-4-8-19(17)25-22-15(9-10-18(21)22)13-16-6-5-12-28-16/h3-8,12-13H,2,9-11,14H2,1H3,(H,24,26)/b15-13+. The summed E-state index contributed by atoms with van der Waals surface area (Å²) in [6.45, 7) is 2.23. The summed E-state index contributed by atoms with van der Waals surface area (Å²) >= 11 is 0. The first kappa shape index (κ1) is 18.9. The number of allylic oxidation sites excluding steroid dienone is 1. The molecule has 0 radical (unpaired) electrons. The fourth-order valence-electron chi connectivity index (χ4n) is 3.58. The van der Waals surface area contributed by atoms with Gasteiger partial charge < -0.3 is 14.5 Å². The lowest BCUT2D eigenvalue weighted by Gasteiger charge is -2.12. The average molecular weight is 390 g/mol. The Morgan fingerprint density at radius 2 is 2.07 bits per heavy atom. The quantitative estimate of drug-likeness (QED) is 0.644. The molecular formula is C23H22N2O4. The van der Waals surface area contributed by atoms with Gasteiger partial charge in [0.1, 0.15) is 5.76 Å². The molecule has 0 bridgehead atoms. The number of rotatable bonds is 6. The van der Waals surface area contributed by atoms with Crippen LogP contribution in [-0.4, -0.2) is 30.0 Å². The van der Waals surface area contributed by atoms with Crippen LogP contribution in [-0.2, 0) is 16.0 Å². The predicted octanol–water partition coefficient (Wildman–Crippen LogP) is 4.00. The second-order valence-corrected chi connectivity index (χ2v) is 6.94. The topological polar surface area (TPSA) is 81.4 Å². The molecule has 1 amide bonds. The smallest absolute Gasteiger partial charge is 0.339 e. The molecule has 0 fully saturated rings. The molecule has 148 valence electrons. The molecule has 0 spiro atoms. The summed E-state index contributed by atoms with van der Waals surface area (Å²) in [4.78, 5) is 29.6. The van der Waals surface area contributed by atoms with Crippen LogP contribution in [0.5, 0.6) is 0 Å². The number of esters is 1. The average Bonchev–Trinajstić information content (AvgIpc) is 3.39. The van der Waals surface area contributed by atoms with Crippen LogP contribution in [0.4, 0.5) is 0 Å². The first-order valence-corrected chi connectivity index (χ1v) is 9.77. The van der Waals surface area contributed by atoms with Gasteiger partial charge >= 0.3 is 5.97 Å².